The van der Waals surface area contributed by atoms with E-state index in [1.54, 1.807) is 16.7 Å². The number of anilines is 1. The summed E-state index contributed by atoms with van der Waals surface area (Å²) >= 11 is 0. The third-order valence-electron chi connectivity index (χ3n) is 5.51. The summed E-state index contributed by atoms with van der Waals surface area (Å²) in [6, 6.07) is 11.4. The largest absolute Gasteiger partial charge is 0.347 e. The van der Waals surface area contributed by atoms with Crippen LogP contribution in [0.5, 0.6) is 0 Å². The summed E-state index contributed by atoms with van der Waals surface area (Å²) in [4.78, 5) is 30.2. The van der Waals surface area contributed by atoms with E-state index in [0.29, 0.717) is 5.52 Å². The van der Waals surface area contributed by atoms with Gasteiger partial charge in [0.15, 0.2) is 5.69 Å². The zero-order valence-electron chi connectivity index (χ0n) is 16.2. The van der Waals surface area contributed by atoms with E-state index in [1.807, 2.05) is 44.2 Å². The molecular weight excluding hydrogens is 352 g/mol. The van der Waals surface area contributed by atoms with Gasteiger partial charge in [-0.2, -0.15) is 0 Å². The summed E-state index contributed by atoms with van der Waals surface area (Å²) in [6.45, 7) is 3.97. The first-order valence-electron chi connectivity index (χ1n) is 9.70. The van der Waals surface area contributed by atoms with Crippen LogP contribution in [0.4, 0.5) is 5.69 Å². The van der Waals surface area contributed by atoms with Crippen LogP contribution in [0.2, 0.25) is 0 Å². The number of benzene rings is 1. The molecule has 144 valence electrons. The van der Waals surface area contributed by atoms with Crippen LogP contribution in [0.15, 0.2) is 42.6 Å². The van der Waals surface area contributed by atoms with Crippen molar-refractivity contribution in [1.29, 1.82) is 0 Å². The highest BCUT2D eigenvalue weighted by Gasteiger charge is 2.24. The van der Waals surface area contributed by atoms with Gasteiger partial charge in [0, 0.05) is 17.9 Å². The summed E-state index contributed by atoms with van der Waals surface area (Å²) in [7, 11) is 0. The van der Waals surface area contributed by atoms with Crippen molar-refractivity contribution in [1.82, 2.24) is 14.7 Å². The van der Waals surface area contributed by atoms with Crippen molar-refractivity contribution < 1.29 is 9.59 Å². The lowest BCUT2D eigenvalue weighted by Gasteiger charge is -2.10. The molecule has 6 heteroatoms. The summed E-state index contributed by atoms with van der Waals surface area (Å²) in [5.74, 6) is -0.315. The van der Waals surface area contributed by atoms with Crippen LogP contribution >= 0.6 is 0 Å². The zero-order valence-corrected chi connectivity index (χ0v) is 16.2. The number of amides is 2. The second-order valence-electron chi connectivity index (χ2n) is 7.40. The number of hydrogen-bond acceptors (Lipinski definition) is 3. The highest BCUT2D eigenvalue weighted by atomic mass is 16.2. The van der Waals surface area contributed by atoms with Crippen LogP contribution in [0.1, 0.15) is 57.9 Å². The average molecular weight is 376 g/mol. The molecule has 2 aromatic heterocycles. The van der Waals surface area contributed by atoms with E-state index in [9.17, 15) is 9.59 Å². The van der Waals surface area contributed by atoms with E-state index in [2.05, 4.69) is 15.6 Å². The minimum absolute atomic E-state index is 0.191. The van der Waals surface area contributed by atoms with E-state index in [0.717, 1.165) is 42.5 Å². The van der Waals surface area contributed by atoms with Crippen LogP contribution in [0, 0.1) is 13.8 Å². The molecule has 1 aromatic carbocycles. The second kappa shape index (κ2) is 7.46. The molecule has 0 spiro atoms. The Morgan fingerprint density at radius 1 is 1.04 bits per heavy atom. The molecule has 0 saturated heterocycles. The molecular formula is C22H24N4O2. The number of pyridine rings is 1. The summed E-state index contributed by atoms with van der Waals surface area (Å²) in [6.07, 6.45) is 6.03. The minimum Gasteiger partial charge on any atom is -0.347 e. The Morgan fingerprint density at radius 2 is 1.82 bits per heavy atom. The number of aromatic nitrogens is 2. The van der Waals surface area contributed by atoms with Gasteiger partial charge in [0.2, 0.25) is 5.82 Å². The van der Waals surface area contributed by atoms with Crippen LogP contribution in [-0.4, -0.2) is 27.2 Å². The Morgan fingerprint density at radius 3 is 2.61 bits per heavy atom. The maximum absolute atomic E-state index is 13.0. The third kappa shape index (κ3) is 3.38. The summed E-state index contributed by atoms with van der Waals surface area (Å²) in [5.41, 5.74) is 3.72. The average Bonchev–Trinajstić information content (AvgIpc) is 3.33. The maximum atomic E-state index is 13.0. The van der Waals surface area contributed by atoms with Crippen LogP contribution in [0.3, 0.4) is 0 Å². The lowest BCUT2D eigenvalue weighted by Crippen LogP contribution is -2.33. The normalized spacial score (nSPS) is 14.4. The lowest BCUT2D eigenvalue weighted by molar-refractivity contribution is 0.0926. The molecule has 2 amide bonds. The van der Waals surface area contributed by atoms with E-state index < -0.39 is 0 Å². The molecule has 0 atom stereocenters. The number of fused-ring (bicyclic) bond motifs is 1. The molecule has 2 heterocycles. The van der Waals surface area contributed by atoms with Gasteiger partial charge < -0.3 is 10.6 Å². The molecule has 0 radical (unpaired) electrons. The van der Waals surface area contributed by atoms with Gasteiger partial charge in [-0.25, -0.2) is 4.98 Å². The van der Waals surface area contributed by atoms with Gasteiger partial charge in [-0.1, -0.05) is 31.0 Å². The first-order valence-corrected chi connectivity index (χ1v) is 9.70. The maximum Gasteiger partial charge on any atom is 0.287 e. The van der Waals surface area contributed by atoms with Crippen molar-refractivity contribution in [3.05, 3.63) is 65.2 Å². The number of nitrogens with zero attached hydrogens (tertiary/aromatic N) is 2. The van der Waals surface area contributed by atoms with Crippen molar-refractivity contribution in [2.45, 2.75) is 45.6 Å². The Bertz CT molecular complexity index is 1050. The molecule has 1 saturated carbocycles. The van der Waals surface area contributed by atoms with Crippen molar-refractivity contribution >= 4 is 23.0 Å². The summed E-state index contributed by atoms with van der Waals surface area (Å²) < 4.78 is 1.68. The lowest BCUT2D eigenvalue weighted by atomic mass is 10.1. The Labute approximate surface area is 164 Å². The third-order valence-corrected chi connectivity index (χ3v) is 5.51. The smallest absolute Gasteiger partial charge is 0.287 e. The van der Waals surface area contributed by atoms with Gasteiger partial charge >= 0.3 is 0 Å². The van der Waals surface area contributed by atoms with Crippen molar-refractivity contribution in [3.8, 4) is 0 Å². The number of hydrogen-bond donors (Lipinski definition) is 2. The summed E-state index contributed by atoms with van der Waals surface area (Å²) in [5, 5.41) is 5.99. The molecule has 28 heavy (non-hydrogen) atoms. The Balaban J connectivity index is 1.66. The van der Waals surface area contributed by atoms with Crippen LogP contribution in [-0.2, 0) is 0 Å². The van der Waals surface area contributed by atoms with Gasteiger partial charge in [0.1, 0.15) is 0 Å². The molecule has 3 aromatic rings. The van der Waals surface area contributed by atoms with E-state index >= 15 is 0 Å². The molecule has 1 aliphatic rings. The molecule has 4 rings (SSSR count). The van der Waals surface area contributed by atoms with E-state index in [-0.39, 0.29) is 29.4 Å². The standard InChI is InChI=1S/C22H24N4O2/c1-14-8-7-11-17(15(14)2)24-21(27)19-18-12-5-6-13-26(18)20(25-19)22(28)23-16-9-3-4-10-16/h5-8,11-13,16H,3-4,9-10H2,1-2H3,(H,23,28)(H,24,27). The second-order valence-corrected chi connectivity index (χ2v) is 7.40. The SMILES string of the molecule is Cc1cccc(NC(=O)c2nc(C(=O)NC3CCCC3)n3ccccc23)c1C. The number of carbonyl (C=O) groups is 2. The molecule has 0 aliphatic heterocycles. The highest BCUT2D eigenvalue weighted by molar-refractivity contribution is 6.09. The topological polar surface area (TPSA) is 75.5 Å². The minimum atomic E-state index is -0.322. The first-order chi connectivity index (χ1) is 13.5. The number of rotatable bonds is 4. The Kier molecular flexibility index (Phi) is 4.86. The molecule has 0 unspecified atom stereocenters. The van der Waals surface area contributed by atoms with Crippen molar-refractivity contribution in [2.75, 3.05) is 5.32 Å². The van der Waals surface area contributed by atoms with Gasteiger partial charge in [0.25, 0.3) is 11.8 Å². The molecule has 1 aliphatic carbocycles. The van der Waals surface area contributed by atoms with Gasteiger partial charge in [-0.15, -0.1) is 0 Å². The van der Waals surface area contributed by atoms with Gasteiger partial charge in [-0.05, 0) is 56.0 Å². The van der Waals surface area contributed by atoms with Gasteiger partial charge in [0.05, 0.1) is 5.52 Å². The fourth-order valence-electron chi connectivity index (χ4n) is 3.75. The van der Waals surface area contributed by atoms with E-state index in [1.165, 1.54) is 0 Å². The van der Waals surface area contributed by atoms with Crippen molar-refractivity contribution in [3.63, 3.8) is 0 Å². The number of imidazole rings is 1. The fraction of sp³-hybridized carbons (Fsp3) is 0.318. The van der Waals surface area contributed by atoms with Crippen LogP contribution < -0.4 is 10.6 Å². The van der Waals surface area contributed by atoms with Crippen molar-refractivity contribution in [2.24, 2.45) is 0 Å². The highest BCUT2D eigenvalue weighted by Crippen LogP contribution is 2.21. The van der Waals surface area contributed by atoms with Crippen LogP contribution in [0.25, 0.3) is 5.52 Å². The van der Waals surface area contributed by atoms with Gasteiger partial charge in [-0.3, -0.25) is 14.0 Å². The number of carbonyl (C=O) groups excluding carboxylic acids is 2. The number of aryl methyl sites for hydroxylation is 1. The predicted molar refractivity (Wildman–Crippen MR) is 109 cm³/mol. The zero-order chi connectivity index (χ0) is 19.7. The first kappa shape index (κ1) is 18.2. The Hall–Kier alpha value is -3.15. The molecule has 6 nitrogen and oxygen atoms in total. The monoisotopic (exact) mass is 376 g/mol. The molecule has 1 fully saturated rings. The van der Waals surface area contributed by atoms with E-state index in [4.69, 9.17) is 0 Å². The molecule has 0 bridgehead atoms. The quantitative estimate of drug-likeness (QED) is 0.726. The fourth-order valence-corrected chi connectivity index (χ4v) is 3.75. The predicted octanol–water partition coefficient (Wildman–Crippen LogP) is 3.88. The molecule has 2 N–H and O–H groups in total. The number of nitrogens with one attached hydrogen (secondary N) is 2.